The molecule has 2 aliphatic rings. The largest absolute Gasteiger partial charge is 0.376 e. The van der Waals surface area contributed by atoms with E-state index in [4.69, 9.17) is 14.0 Å². The number of hydrogen-bond acceptors (Lipinski definition) is 7. The molecule has 2 aliphatic heterocycles. The summed E-state index contributed by atoms with van der Waals surface area (Å²) in [6.07, 6.45) is 3.44. The lowest BCUT2D eigenvalue weighted by Gasteiger charge is -2.30. The zero-order valence-corrected chi connectivity index (χ0v) is 13.5. The van der Waals surface area contributed by atoms with Crippen molar-refractivity contribution in [2.45, 2.75) is 44.4 Å². The lowest BCUT2D eigenvalue weighted by atomic mass is 10.1. The number of hydrogen-bond donors (Lipinski definition) is 1. The van der Waals surface area contributed by atoms with Crippen molar-refractivity contribution >= 4 is 0 Å². The summed E-state index contributed by atoms with van der Waals surface area (Å²) < 4.78 is 16.9. The maximum atomic E-state index is 5.84. The van der Waals surface area contributed by atoms with Crippen LogP contribution >= 0.6 is 0 Å². The van der Waals surface area contributed by atoms with E-state index in [1.165, 1.54) is 6.42 Å². The van der Waals surface area contributed by atoms with Crippen molar-refractivity contribution in [3.63, 3.8) is 0 Å². The van der Waals surface area contributed by atoms with E-state index in [9.17, 15) is 0 Å². The third kappa shape index (κ3) is 3.84. The minimum Gasteiger partial charge on any atom is -0.376 e. The van der Waals surface area contributed by atoms with Crippen LogP contribution in [0.1, 0.15) is 50.0 Å². The Bertz CT molecular complexity index is 461. The summed E-state index contributed by atoms with van der Waals surface area (Å²) in [7, 11) is 2.09. The average Bonchev–Trinajstić information content (AvgIpc) is 3.04. The van der Waals surface area contributed by atoms with Gasteiger partial charge >= 0.3 is 0 Å². The first-order chi connectivity index (χ1) is 10.7. The molecule has 0 radical (unpaired) electrons. The fourth-order valence-electron chi connectivity index (χ4n) is 2.90. The molecule has 3 rings (SSSR count). The fourth-order valence-corrected chi connectivity index (χ4v) is 2.90. The molecule has 7 nitrogen and oxygen atoms in total. The van der Waals surface area contributed by atoms with Gasteiger partial charge in [0.05, 0.1) is 18.8 Å². The van der Waals surface area contributed by atoms with Crippen molar-refractivity contribution < 1.29 is 14.0 Å². The lowest BCUT2D eigenvalue weighted by molar-refractivity contribution is -0.0656. The highest BCUT2D eigenvalue weighted by Crippen LogP contribution is 2.22. The Labute approximate surface area is 131 Å². The van der Waals surface area contributed by atoms with Gasteiger partial charge in [0, 0.05) is 26.2 Å². The van der Waals surface area contributed by atoms with E-state index in [0.717, 1.165) is 44.9 Å². The Morgan fingerprint density at radius 1 is 1.45 bits per heavy atom. The lowest BCUT2D eigenvalue weighted by Crippen LogP contribution is -2.44. The number of nitrogens with zero attached hydrogens (tertiary/aromatic N) is 3. The standard InChI is InChI=1S/C15H26N4O3/c1-11(21-10-12-5-3-4-8-20-12)15-17-14(18-22-15)13-9-16-6-7-19(13)2/h11-13,16H,3-10H2,1-2H3. The number of likely N-dealkylation sites (N-methyl/N-ethyl adjacent to an activating group) is 1. The molecule has 3 unspecified atom stereocenters. The fraction of sp³-hybridized carbons (Fsp3) is 0.867. The summed E-state index contributed by atoms with van der Waals surface area (Å²) in [6.45, 7) is 6.21. The van der Waals surface area contributed by atoms with Crippen molar-refractivity contribution in [3.05, 3.63) is 11.7 Å². The Morgan fingerprint density at radius 3 is 3.14 bits per heavy atom. The topological polar surface area (TPSA) is 72.7 Å². The molecular weight excluding hydrogens is 284 g/mol. The molecule has 0 aliphatic carbocycles. The second-order valence-corrected chi connectivity index (χ2v) is 6.16. The highest BCUT2D eigenvalue weighted by molar-refractivity contribution is 4.98. The van der Waals surface area contributed by atoms with E-state index < -0.39 is 0 Å². The highest BCUT2D eigenvalue weighted by atomic mass is 16.6. The zero-order chi connectivity index (χ0) is 15.4. The Balaban J connectivity index is 1.53. The van der Waals surface area contributed by atoms with Crippen LogP contribution < -0.4 is 5.32 Å². The molecule has 0 amide bonds. The molecule has 124 valence electrons. The van der Waals surface area contributed by atoms with Crippen LogP contribution in [0.2, 0.25) is 0 Å². The monoisotopic (exact) mass is 310 g/mol. The first kappa shape index (κ1) is 15.9. The molecular formula is C15H26N4O3. The second kappa shape index (κ2) is 7.50. The van der Waals surface area contributed by atoms with Gasteiger partial charge in [0.25, 0.3) is 5.89 Å². The Morgan fingerprint density at radius 2 is 2.36 bits per heavy atom. The van der Waals surface area contributed by atoms with Gasteiger partial charge in [0.2, 0.25) is 0 Å². The van der Waals surface area contributed by atoms with Crippen molar-refractivity contribution in [2.24, 2.45) is 0 Å². The number of ether oxygens (including phenoxy) is 2. The van der Waals surface area contributed by atoms with Gasteiger partial charge in [0.1, 0.15) is 6.10 Å². The van der Waals surface area contributed by atoms with Crippen LogP contribution in [0.5, 0.6) is 0 Å². The smallest absolute Gasteiger partial charge is 0.255 e. The van der Waals surface area contributed by atoms with Crippen LogP contribution in [0.25, 0.3) is 0 Å². The van der Waals surface area contributed by atoms with E-state index >= 15 is 0 Å². The van der Waals surface area contributed by atoms with E-state index in [1.54, 1.807) is 0 Å². The molecule has 7 heteroatoms. The Hall–Kier alpha value is -1.02. The third-order valence-corrected chi connectivity index (χ3v) is 4.42. The van der Waals surface area contributed by atoms with Gasteiger partial charge in [-0.3, -0.25) is 4.90 Å². The van der Waals surface area contributed by atoms with Gasteiger partial charge in [-0.2, -0.15) is 4.98 Å². The van der Waals surface area contributed by atoms with Crippen LogP contribution in [0.15, 0.2) is 4.52 Å². The van der Waals surface area contributed by atoms with Gasteiger partial charge < -0.3 is 19.3 Å². The third-order valence-electron chi connectivity index (χ3n) is 4.42. The van der Waals surface area contributed by atoms with Crippen LogP contribution in [-0.4, -0.2) is 61.0 Å². The number of piperazine rings is 1. The maximum absolute atomic E-state index is 5.84. The quantitative estimate of drug-likeness (QED) is 0.878. The molecule has 1 aromatic rings. The highest BCUT2D eigenvalue weighted by Gasteiger charge is 2.27. The zero-order valence-electron chi connectivity index (χ0n) is 13.5. The van der Waals surface area contributed by atoms with Gasteiger partial charge in [-0.1, -0.05) is 5.16 Å². The Kier molecular flexibility index (Phi) is 5.41. The van der Waals surface area contributed by atoms with Crippen LogP contribution in [0, 0.1) is 0 Å². The van der Waals surface area contributed by atoms with E-state index in [0.29, 0.717) is 12.5 Å². The van der Waals surface area contributed by atoms with Gasteiger partial charge in [-0.25, -0.2) is 0 Å². The van der Waals surface area contributed by atoms with Crippen molar-refractivity contribution in [3.8, 4) is 0 Å². The van der Waals surface area contributed by atoms with Gasteiger partial charge in [-0.05, 0) is 33.2 Å². The predicted octanol–water partition coefficient (Wildman–Crippen LogP) is 1.29. The van der Waals surface area contributed by atoms with Crippen LogP contribution in [0.3, 0.4) is 0 Å². The molecule has 0 bridgehead atoms. The predicted molar refractivity (Wildman–Crippen MR) is 80.5 cm³/mol. The molecule has 2 fully saturated rings. The van der Waals surface area contributed by atoms with Crippen molar-refractivity contribution in [1.29, 1.82) is 0 Å². The number of nitrogens with one attached hydrogen (secondary N) is 1. The molecule has 1 aromatic heterocycles. The molecule has 1 N–H and O–H groups in total. The summed E-state index contributed by atoms with van der Waals surface area (Å²) in [6, 6.07) is 0.167. The molecule has 0 saturated carbocycles. The van der Waals surface area contributed by atoms with Gasteiger partial charge in [0.15, 0.2) is 5.82 Å². The van der Waals surface area contributed by atoms with Crippen molar-refractivity contribution in [2.75, 3.05) is 39.9 Å². The van der Waals surface area contributed by atoms with E-state index in [2.05, 4.69) is 27.4 Å². The van der Waals surface area contributed by atoms with E-state index in [1.807, 2.05) is 6.92 Å². The summed E-state index contributed by atoms with van der Waals surface area (Å²) in [4.78, 5) is 6.77. The van der Waals surface area contributed by atoms with Crippen LogP contribution in [0.4, 0.5) is 0 Å². The summed E-state index contributed by atoms with van der Waals surface area (Å²) >= 11 is 0. The number of rotatable bonds is 5. The summed E-state index contributed by atoms with van der Waals surface area (Å²) in [5.74, 6) is 1.28. The minimum atomic E-state index is -0.200. The van der Waals surface area contributed by atoms with Gasteiger partial charge in [-0.15, -0.1) is 0 Å². The first-order valence-electron chi connectivity index (χ1n) is 8.21. The normalized spacial score (nSPS) is 28.6. The molecule has 22 heavy (non-hydrogen) atoms. The molecule has 3 atom stereocenters. The maximum Gasteiger partial charge on any atom is 0.255 e. The molecule has 0 spiro atoms. The molecule has 3 heterocycles. The van der Waals surface area contributed by atoms with E-state index in [-0.39, 0.29) is 18.2 Å². The summed E-state index contributed by atoms with van der Waals surface area (Å²) in [5.41, 5.74) is 0. The minimum absolute atomic E-state index is 0.167. The molecule has 2 saturated heterocycles. The first-order valence-corrected chi connectivity index (χ1v) is 8.21. The number of aromatic nitrogens is 2. The average molecular weight is 310 g/mol. The SMILES string of the molecule is CC(OCC1CCCCO1)c1nc(C2CNCCN2C)no1. The van der Waals surface area contributed by atoms with Crippen LogP contribution in [-0.2, 0) is 9.47 Å². The second-order valence-electron chi connectivity index (χ2n) is 6.16. The summed E-state index contributed by atoms with van der Waals surface area (Å²) in [5, 5.41) is 7.49. The molecule has 0 aromatic carbocycles. The van der Waals surface area contributed by atoms with Crippen molar-refractivity contribution in [1.82, 2.24) is 20.4 Å².